The van der Waals surface area contributed by atoms with Gasteiger partial charge in [0.05, 0.1) is 23.7 Å². The average Bonchev–Trinajstić information content (AvgIpc) is 2.64. The normalized spacial score (nSPS) is 13.1. The molecule has 9 heteroatoms. The van der Waals surface area contributed by atoms with Gasteiger partial charge in [-0.25, -0.2) is 9.78 Å². The minimum Gasteiger partial charge on any atom is -0.481 e. The first kappa shape index (κ1) is 22.6. The first-order chi connectivity index (χ1) is 14.5. The molecule has 3 rings (SSSR count). The summed E-state index contributed by atoms with van der Waals surface area (Å²) in [6, 6.07) is 3.85. The fourth-order valence-corrected chi connectivity index (χ4v) is 3.58. The van der Waals surface area contributed by atoms with Gasteiger partial charge in [0.2, 0.25) is 0 Å². The number of aliphatic carboxylic acids is 1. The molecule has 2 aliphatic rings. The number of hydrogen-bond acceptors (Lipinski definition) is 6. The average molecular weight is 428 g/mol. The number of H-pyrrole nitrogens is 1. The van der Waals surface area contributed by atoms with Gasteiger partial charge >= 0.3 is 11.7 Å². The molecule has 1 unspecified atom stereocenters. The number of ether oxygens (including phenoxy) is 1. The highest BCUT2D eigenvalue weighted by Crippen LogP contribution is 2.27. The largest absolute Gasteiger partial charge is 0.481 e. The molecule has 1 atom stereocenters. The summed E-state index contributed by atoms with van der Waals surface area (Å²) in [5.41, 5.74) is 1.99. The zero-order valence-electron chi connectivity index (χ0n) is 18.5. The van der Waals surface area contributed by atoms with E-state index in [0.29, 0.717) is 18.5 Å². The Labute approximate surface area is 179 Å². The minimum absolute atomic E-state index is 0.0190. The van der Waals surface area contributed by atoms with E-state index in [1.54, 1.807) is 4.57 Å². The molecule has 0 saturated carbocycles. The van der Waals surface area contributed by atoms with E-state index in [1.807, 2.05) is 46.8 Å². The second-order valence-corrected chi connectivity index (χ2v) is 8.89. The highest BCUT2D eigenvalue weighted by molar-refractivity contribution is 5.81. The van der Waals surface area contributed by atoms with Gasteiger partial charge in [-0.1, -0.05) is 20.8 Å². The highest BCUT2D eigenvalue weighted by atomic mass is 16.5. The van der Waals surface area contributed by atoms with Crippen LogP contribution < -0.4 is 11.2 Å². The van der Waals surface area contributed by atoms with Crippen molar-refractivity contribution in [2.75, 3.05) is 6.61 Å². The Morgan fingerprint density at radius 3 is 2.52 bits per heavy atom. The summed E-state index contributed by atoms with van der Waals surface area (Å²) in [6.07, 6.45) is 0.145. The number of aryl methyl sites for hydroxylation is 2. The zero-order chi connectivity index (χ0) is 22.9. The van der Waals surface area contributed by atoms with E-state index in [1.165, 1.54) is 0 Å². The monoisotopic (exact) mass is 428 g/mol. The number of hydrogen-bond donors (Lipinski definition) is 2. The summed E-state index contributed by atoms with van der Waals surface area (Å²) in [7, 11) is 0. The van der Waals surface area contributed by atoms with E-state index in [9.17, 15) is 14.4 Å². The van der Waals surface area contributed by atoms with Gasteiger partial charge < -0.3 is 14.4 Å². The van der Waals surface area contributed by atoms with Crippen molar-refractivity contribution in [3.05, 3.63) is 44.1 Å². The maximum Gasteiger partial charge on any atom is 0.349 e. The van der Waals surface area contributed by atoms with Gasteiger partial charge in [-0.3, -0.25) is 14.6 Å². The maximum atomic E-state index is 12.4. The van der Waals surface area contributed by atoms with Gasteiger partial charge in [0.1, 0.15) is 0 Å². The molecule has 0 aromatic heterocycles. The number of nitrogens with one attached hydrogen (secondary N) is 1. The summed E-state index contributed by atoms with van der Waals surface area (Å²) < 4.78 is 7.85. The van der Waals surface area contributed by atoms with Gasteiger partial charge in [-0.2, -0.15) is 4.98 Å². The molecule has 0 radical (unpaired) electrons. The van der Waals surface area contributed by atoms with E-state index in [2.05, 4.69) is 15.0 Å². The SMILES string of the molecule is Cc1cc2nc3c(=O)[nH]c(=O)nc-3n(CCOC(CCC(=O)O)C(C)(C)C)c2cc1C. The molecule has 0 amide bonds. The van der Waals surface area contributed by atoms with Crippen LogP contribution in [0.4, 0.5) is 0 Å². The molecule has 0 fully saturated rings. The zero-order valence-corrected chi connectivity index (χ0v) is 18.5. The highest BCUT2D eigenvalue weighted by Gasteiger charge is 2.26. The number of aromatic amines is 1. The van der Waals surface area contributed by atoms with Crippen LogP contribution >= 0.6 is 0 Å². The Balaban J connectivity index is 2.01. The summed E-state index contributed by atoms with van der Waals surface area (Å²) in [6.45, 7) is 10.5. The van der Waals surface area contributed by atoms with Crippen LogP contribution in [-0.2, 0) is 16.1 Å². The van der Waals surface area contributed by atoms with Gasteiger partial charge in [-0.05, 0) is 48.9 Å². The second kappa shape index (κ2) is 8.58. The number of nitrogens with zero attached hydrogens (tertiary/aromatic N) is 3. The van der Waals surface area contributed by atoms with Crippen molar-refractivity contribution >= 4 is 17.0 Å². The predicted molar refractivity (Wildman–Crippen MR) is 117 cm³/mol. The summed E-state index contributed by atoms with van der Waals surface area (Å²) >= 11 is 0. The Kier molecular flexibility index (Phi) is 6.26. The topological polar surface area (TPSA) is 127 Å². The second-order valence-electron chi connectivity index (χ2n) is 8.89. The minimum atomic E-state index is -0.865. The van der Waals surface area contributed by atoms with E-state index < -0.39 is 17.2 Å². The van der Waals surface area contributed by atoms with Crippen LogP contribution in [0.5, 0.6) is 0 Å². The number of carboxylic acid groups (broad SMARTS) is 1. The summed E-state index contributed by atoms with van der Waals surface area (Å²) in [5.74, 6) is -0.665. The van der Waals surface area contributed by atoms with Gasteiger partial charge in [0.25, 0.3) is 5.56 Å². The van der Waals surface area contributed by atoms with Crippen molar-refractivity contribution in [1.82, 2.24) is 19.5 Å². The fraction of sp³-hybridized carbons (Fsp3) is 0.500. The maximum absolute atomic E-state index is 12.4. The standard InChI is InChI=1S/C22H28N4O5/c1-12-10-14-15(11-13(12)2)26(19-18(23-14)20(29)25-21(30)24-19)8-9-31-16(22(3,4)5)6-7-17(27)28/h10-11,16H,6-9H2,1-5H3,(H,27,28)(H,25,29,30). The molecule has 1 aromatic rings. The van der Waals surface area contributed by atoms with Crippen molar-refractivity contribution < 1.29 is 14.6 Å². The molecule has 0 saturated heterocycles. The van der Waals surface area contributed by atoms with Crippen molar-refractivity contribution in [3.63, 3.8) is 0 Å². The molecule has 0 aliphatic carbocycles. The quantitative estimate of drug-likeness (QED) is 0.554. The van der Waals surface area contributed by atoms with E-state index in [-0.39, 0.29) is 36.1 Å². The third-order valence-corrected chi connectivity index (χ3v) is 5.44. The molecule has 2 aliphatic heterocycles. The number of rotatable bonds is 7. The molecule has 166 valence electrons. The predicted octanol–water partition coefficient (Wildman–Crippen LogP) is 2.50. The molecule has 0 spiro atoms. The molecule has 9 nitrogen and oxygen atoms in total. The molecular formula is C22H28N4O5. The Morgan fingerprint density at radius 2 is 1.87 bits per heavy atom. The lowest BCUT2D eigenvalue weighted by molar-refractivity contribution is -0.138. The number of carboxylic acids is 1. The van der Waals surface area contributed by atoms with Crippen LogP contribution in [0.3, 0.4) is 0 Å². The van der Waals surface area contributed by atoms with Crippen LogP contribution in [0.2, 0.25) is 0 Å². The Morgan fingerprint density at radius 1 is 1.19 bits per heavy atom. The smallest absolute Gasteiger partial charge is 0.349 e. The van der Waals surface area contributed by atoms with Crippen molar-refractivity contribution in [2.24, 2.45) is 5.41 Å². The third-order valence-electron chi connectivity index (χ3n) is 5.44. The van der Waals surface area contributed by atoms with Gasteiger partial charge in [-0.15, -0.1) is 0 Å². The lowest BCUT2D eigenvalue weighted by Crippen LogP contribution is -2.32. The number of aromatic nitrogens is 4. The van der Waals surface area contributed by atoms with E-state index in [0.717, 1.165) is 16.6 Å². The third kappa shape index (κ3) is 4.99. The van der Waals surface area contributed by atoms with Crippen molar-refractivity contribution in [1.29, 1.82) is 0 Å². The van der Waals surface area contributed by atoms with E-state index in [4.69, 9.17) is 9.84 Å². The number of benzene rings is 1. The lowest BCUT2D eigenvalue weighted by Gasteiger charge is -2.31. The molecule has 31 heavy (non-hydrogen) atoms. The fourth-order valence-electron chi connectivity index (χ4n) is 3.58. The summed E-state index contributed by atoms with van der Waals surface area (Å²) in [4.78, 5) is 45.8. The molecule has 0 bridgehead atoms. The molecular weight excluding hydrogens is 400 g/mol. The Bertz CT molecular complexity index is 1210. The van der Waals surface area contributed by atoms with Crippen LogP contribution in [0.15, 0.2) is 21.7 Å². The van der Waals surface area contributed by atoms with Crippen LogP contribution in [0.25, 0.3) is 22.6 Å². The van der Waals surface area contributed by atoms with Gasteiger partial charge in [0.15, 0.2) is 11.5 Å². The van der Waals surface area contributed by atoms with Crippen LogP contribution in [0, 0.1) is 19.3 Å². The first-order valence-electron chi connectivity index (χ1n) is 10.2. The van der Waals surface area contributed by atoms with Crippen LogP contribution in [-0.4, -0.2) is 43.3 Å². The molecule has 2 heterocycles. The lowest BCUT2D eigenvalue weighted by atomic mass is 9.86. The van der Waals surface area contributed by atoms with Gasteiger partial charge in [0, 0.05) is 13.0 Å². The van der Waals surface area contributed by atoms with Crippen LogP contribution in [0.1, 0.15) is 44.7 Å². The summed E-state index contributed by atoms with van der Waals surface area (Å²) in [5, 5.41) is 9.03. The van der Waals surface area contributed by atoms with Crippen molar-refractivity contribution in [3.8, 4) is 11.5 Å². The number of fused-ring (bicyclic) bond motifs is 2. The molecule has 1 aromatic carbocycles. The van der Waals surface area contributed by atoms with Crippen molar-refractivity contribution in [2.45, 2.75) is 60.1 Å². The van der Waals surface area contributed by atoms with E-state index >= 15 is 0 Å². The number of carbonyl (C=O) groups is 1. The Hall–Kier alpha value is -3.07. The first-order valence-corrected chi connectivity index (χ1v) is 10.2. The molecule has 2 N–H and O–H groups in total.